The highest BCUT2D eigenvalue weighted by atomic mass is 79.9. The lowest BCUT2D eigenvalue weighted by Gasteiger charge is -2.32. The van der Waals surface area contributed by atoms with Crippen LogP contribution in [0.5, 0.6) is 0 Å². The summed E-state index contributed by atoms with van der Waals surface area (Å²) in [5.41, 5.74) is 1.27. The molecule has 144 valence electrons. The number of nitrogens with one attached hydrogen (secondary N) is 1. The lowest BCUT2D eigenvalue weighted by molar-refractivity contribution is -0.146. The molecule has 1 atom stereocenters. The second-order valence-electron chi connectivity index (χ2n) is 7.39. The molecule has 0 saturated carbocycles. The Morgan fingerprint density at radius 1 is 1.31 bits per heavy atom. The van der Waals surface area contributed by atoms with Gasteiger partial charge in [-0.2, -0.15) is 0 Å². The predicted molar refractivity (Wildman–Crippen MR) is 106 cm³/mol. The first-order valence-corrected chi connectivity index (χ1v) is 10.0. The number of carbonyl (C=O) groups is 2. The zero-order chi connectivity index (χ0) is 19.1. The molecule has 0 bridgehead atoms. The summed E-state index contributed by atoms with van der Waals surface area (Å²) >= 11 is 3.50. The number of nitrogens with zero attached hydrogens (tertiary/aromatic N) is 1. The van der Waals surface area contributed by atoms with Gasteiger partial charge in [-0.3, -0.25) is 9.69 Å². The molecule has 0 aromatic heterocycles. The second kappa shape index (κ2) is 10.1. The Kier molecular flexibility index (Phi) is 8.10. The molecule has 1 aromatic rings. The maximum atomic E-state index is 12.6. The third kappa shape index (κ3) is 6.40. The van der Waals surface area contributed by atoms with Gasteiger partial charge in [0.05, 0.1) is 7.11 Å². The molecule has 1 fully saturated rings. The van der Waals surface area contributed by atoms with Crippen LogP contribution in [0.2, 0.25) is 0 Å². The number of methoxy groups -OCH3 is 1. The minimum absolute atomic E-state index is 0.0249. The molecule has 0 radical (unpaired) electrons. The molecule has 26 heavy (non-hydrogen) atoms. The molecule has 1 saturated heterocycles. The average Bonchev–Trinajstić information content (AvgIpc) is 2.60. The van der Waals surface area contributed by atoms with Crippen molar-refractivity contribution >= 4 is 27.8 Å². The summed E-state index contributed by atoms with van der Waals surface area (Å²) in [5.74, 6) is -0.109. The van der Waals surface area contributed by atoms with Crippen LogP contribution in [-0.2, 0) is 20.9 Å². The molecule has 0 aliphatic carbocycles. The first kappa shape index (κ1) is 20.9. The van der Waals surface area contributed by atoms with E-state index in [1.165, 1.54) is 12.7 Å². The Bertz CT molecular complexity index is 613. The van der Waals surface area contributed by atoms with Crippen LogP contribution in [0.15, 0.2) is 28.7 Å². The van der Waals surface area contributed by atoms with E-state index in [1.807, 2.05) is 26.0 Å². The Hall–Kier alpha value is -1.40. The van der Waals surface area contributed by atoms with Crippen LogP contribution in [0.4, 0.5) is 0 Å². The van der Waals surface area contributed by atoms with Gasteiger partial charge in [-0.1, -0.05) is 41.9 Å². The van der Waals surface area contributed by atoms with Crippen molar-refractivity contribution < 1.29 is 14.3 Å². The number of rotatable bonds is 7. The van der Waals surface area contributed by atoms with Crippen LogP contribution < -0.4 is 5.32 Å². The molecular weight excluding hydrogens is 396 g/mol. The number of hydrogen-bond acceptors (Lipinski definition) is 4. The second-order valence-corrected chi connectivity index (χ2v) is 8.31. The van der Waals surface area contributed by atoms with Gasteiger partial charge in [0.2, 0.25) is 5.91 Å². The van der Waals surface area contributed by atoms with Gasteiger partial charge in [-0.05, 0) is 56.0 Å². The quantitative estimate of drug-likeness (QED) is 0.681. The lowest BCUT2D eigenvalue weighted by atomic mass is 9.94. The van der Waals surface area contributed by atoms with Crippen LogP contribution in [0.25, 0.3) is 0 Å². The number of hydrogen-bond donors (Lipinski definition) is 1. The maximum absolute atomic E-state index is 12.6. The number of halogens is 1. The van der Waals surface area contributed by atoms with E-state index in [9.17, 15) is 9.59 Å². The van der Waals surface area contributed by atoms with Gasteiger partial charge >= 0.3 is 5.97 Å². The van der Waals surface area contributed by atoms with Crippen LogP contribution in [0.3, 0.4) is 0 Å². The van der Waals surface area contributed by atoms with Crippen molar-refractivity contribution in [1.82, 2.24) is 10.2 Å². The van der Waals surface area contributed by atoms with E-state index in [0.29, 0.717) is 12.3 Å². The van der Waals surface area contributed by atoms with Crippen molar-refractivity contribution in [3.63, 3.8) is 0 Å². The smallest absolute Gasteiger partial charge is 0.328 e. The van der Waals surface area contributed by atoms with E-state index in [4.69, 9.17) is 4.74 Å². The van der Waals surface area contributed by atoms with E-state index in [2.05, 4.69) is 38.3 Å². The molecule has 1 unspecified atom stereocenters. The van der Waals surface area contributed by atoms with Crippen molar-refractivity contribution in [1.29, 1.82) is 0 Å². The van der Waals surface area contributed by atoms with Crippen molar-refractivity contribution in [2.24, 2.45) is 11.8 Å². The Balaban J connectivity index is 1.84. The first-order chi connectivity index (χ1) is 12.4. The number of benzene rings is 1. The predicted octanol–water partition coefficient (Wildman–Crippen LogP) is 3.37. The number of esters is 1. The summed E-state index contributed by atoms with van der Waals surface area (Å²) in [6, 6.07) is 7.77. The van der Waals surface area contributed by atoms with E-state index in [-0.39, 0.29) is 17.8 Å². The number of amides is 1. The van der Waals surface area contributed by atoms with Crippen molar-refractivity contribution in [2.45, 2.75) is 45.7 Å². The third-order valence-corrected chi connectivity index (χ3v) is 5.26. The van der Waals surface area contributed by atoms with E-state index in [1.54, 1.807) is 0 Å². The maximum Gasteiger partial charge on any atom is 0.328 e. The van der Waals surface area contributed by atoms with Crippen LogP contribution >= 0.6 is 15.9 Å². The fourth-order valence-corrected chi connectivity index (χ4v) is 3.81. The van der Waals surface area contributed by atoms with Crippen molar-refractivity contribution in [2.75, 3.05) is 20.2 Å². The van der Waals surface area contributed by atoms with Crippen LogP contribution in [0, 0.1) is 11.8 Å². The third-order valence-electron chi connectivity index (χ3n) is 4.76. The van der Waals surface area contributed by atoms with Gasteiger partial charge in [0.25, 0.3) is 0 Å². The van der Waals surface area contributed by atoms with Gasteiger partial charge in [0, 0.05) is 16.9 Å². The molecule has 2 rings (SSSR count). The zero-order valence-corrected chi connectivity index (χ0v) is 17.4. The number of likely N-dealkylation sites (tertiary alicyclic amines) is 1. The largest absolute Gasteiger partial charge is 0.467 e. The fourth-order valence-electron chi connectivity index (χ4n) is 3.36. The Morgan fingerprint density at radius 3 is 2.58 bits per heavy atom. The Morgan fingerprint density at radius 2 is 2.00 bits per heavy atom. The normalized spacial score (nSPS) is 17.1. The zero-order valence-electron chi connectivity index (χ0n) is 15.8. The van der Waals surface area contributed by atoms with E-state index < -0.39 is 6.04 Å². The minimum Gasteiger partial charge on any atom is -0.467 e. The number of carbonyl (C=O) groups excluding carboxylic acids is 2. The monoisotopic (exact) mass is 424 g/mol. The molecule has 0 spiro atoms. The first-order valence-electron chi connectivity index (χ1n) is 9.24. The molecule has 5 nitrogen and oxygen atoms in total. The fraction of sp³-hybridized carbons (Fsp3) is 0.600. The highest BCUT2D eigenvalue weighted by Gasteiger charge is 2.29. The highest BCUT2D eigenvalue weighted by molar-refractivity contribution is 9.10. The number of piperidine rings is 1. The van der Waals surface area contributed by atoms with Crippen molar-refractivity contribution in [3.05, 3.63) is 34.3 Å². The summed E-state index contributed by atoms with van der Waals surface area (Å²) in [6.07, 6.45) is 2.23. The Labute approximate surface area is 164 Å². The highest BCUT2D eigenvalue weighted by Crippen LogP contribution is 2.21. The van der Waals surface area contributed by atoms with Gasteiger partial charge in [0.1, 0.15) is 6.04 Å². The molecule has 1 aromatic carbocycles. The topological polar surface area (TPSA) is 58.6 Å². The standard InChI is InChI=1S/C20H29BrN2O3/c1-14(2)11-18(20(25)26-3)22-19(24)16-7-9-23(10-8-16)13-15-5-4-6-17(21)12-15/h4-6,12,14,16,18H,7-11,13H2,1-3H3,(H,22,24). The van der Waals surface area contributed by atoms with Gasteiger partial charge in [0.15, 0.2) is 0 Å². The minimum atomic E-state index is -0.549. The lowest BCUT2D eigenvalue weighted by Crippen LogP contribution is -2.47. The number of ether oxygens (including phenoxy) is 1. The van der Waals surface area contributed by atoms with Crippen LogP contribution in [0.1, 0.15) is 38.7 Å². The van der Waals surface area contributed by atoms with E-state index >= 15 is 0 Å². The summed E-state index contributed by atoms with van der Waals surface area (Å²) in [5, 5.41) is 2.90. The molecule has 6 heteroatoms. The van der Waals surface area contributed by atoms with Gasteiger partial charge in [-0.25, -0.2) is 4.79 Å². The molecule has 1 amide bonds. The summed E-state index contributed by atoms with van der Waals surface area (Å²) < 4.78 is 5.92. The summed E-state index contributed by atoms with van der Waals surface area (Å²) in [4.78, 5) is 26.8. The van der Waals surface area contributed by atoms with E-state index in [0.717, 1.165) is 36.9 Å². The molecular formula is C20H29BrN2O3. The summed E-state index contributed by atoms with van der Waals surface area (Å²) in [6.45, 7) is 6.73. The van der Waals surface area contributed by atoms with Gasteiger partial charge < -0.3 is 10.1 Å². The SMILES string of the molecule is COC(=O)C(CC(C)C)NC(=O)C1CCN(Cc2cccc(Br)c2)CC1. The van der Waals surface area contributed by atoms with Crippen molar-refractivity contribution in [3.8, 4) is 0 Å². The molecule has 1 aliphatic heterocycles. The molecule has 1 heterocycles. The average molecular weight is 425 g/mol. The van der Waals surface area contributed by atoms with Gasteiger partial charge in [-0.15, -0.1) is 0 Å². The molecule has 1 aliphatic rings. The summed E-state index contributed by atoms with van der Waals surface area (Å²) in [7, 11) is 1.36. The molecule has 1 N–H and O–H groups in total. The van der Waals surface area contributed by atoms with Crippen LogP contribution in [-0.4, -0.2) is 43.0 Å².